The number of anilines is 4. The van der Waals surface area contributed by atoms with Gasteiger partial charge in [0.25, 0.3) is 0 Å². The lowest BCUT2D eigenvalue weighted by Gasteiger charge is -2.12. The maximum absolute atomic E-state index is 12.6. The fraction of sp³-hybridized carbons (Fsp3) is 0.0588. The molecule has 0 fully saturated rings. The van der Waals surface area contributed by atoms with Crippen LogP contribution in [0.2, 0.25) is 0 Å². The molecule has 4 N–H and O–H groups in total. The summed E-state index contributed by atoms with van der Waals surface area (Å²) in [6, 6.07) is 29.4. The molecular formula is C34H30N4O8S2. The first-order valence-electron chi connectivity index (χ1n) is 14.3. The van der Waals surface area contributed by atoms with Crippen LogP contribution < -0.4 is 29.6 Å². The topological polar surface area (TPSA) is 169 Å². The fourth-order valence-corrected chi connectivity index (χ4v) is 6.07. The molecule has 14 heteroatoms. The Morgan fingerprint density at radius 2 is 0.792 bits per heavy atom. The number of urea groups is 2. The van der Waals surface area contributed by atoms with E-state index in [4.69, 9.17) is 8.37 Å². The van der Waals surface area contributed by atoms with E-state index in [0.29, 0.717) is 22.7 Å². The van der Waals surface area contributed by atoms with Gasteiger partial charge in [0.1, 0.15) is 21.3 Å². The molecule has 0 aliphatic heterocycles. The molecule has 0 spiro atoms. The molecule has 5 aromatic rings. The molecule has 0 atom stereocenters. The van der Waals surface area contributed by atoms with Gasteiger partial charge >= 0.3 is 32.3 Å². The summed E-state index contributed by atoms with van der Waals surface area (Å²) in [6.45, 7) is 3.69. The lowest BCUT2D eigenvalue weighted by molar-refractivity contribution is 0.261. The summed E-state index contributed by atoms with van der Waals surface area (Å²) in [4.78, 5) is 25.2. The van der Waals surface area contributed by atoms with Crippen molar-refractivity contribution in [2.75, 3.05) is 21.3 Å². The highest BCUT2D eigenvalue weighted by atomic mass is 32.2. The number of aryl methyl sites for hydroxylation is 2. The van der Waals surface area contributed by atoms with Crippen molar-refractivity contribution in [1.29, 1.82) is 0 Å². The Labute approximate surface area is 278 Å². The van der Waals surface area contributed by atoms with Crippen LogP contribution in [0.15, 0.2) is 131 Å². The Balaban J connectivity index is 1.11. The summed E-state index contributed by atoms with van der Waals surface area (Å²) in [6.07, 6.45) is 0. The van der Waals surface area contributed by atoms with Gasteiger partial charge in [-0.1, -0.05) is 41.5 Å². The molecule has 0 heterocycles. The van der Waals surface area contributed by atoms with Crippen LogP contribution in [-0.2, 0) is 20.2 Å². The molecule has 5 aromatic carbocycles. The summed E-state index contributed by atoms with van der Waals surface area (Å²) < 4.78 is 60.4. The van der Waals surface area contributed by atoms with E-state index in [1.54, 1.807) is 48.5 Å². The van der Waals surface area contributed by atoms with Crippen molar-refractivity contribution in [3.05, 3.63) is 132 Å². The van der Waals surface area contributed by atoms with Gasteiger partial charge in [0, 0.05) is 22.7 Å². The average Bonchev–Trinajstić information content (AvgIpc) is 3.03. The van der Waals surface area contributed by atoms with E-state index in [0.717, 1.165) is 11.1 Å². The van der Waals surface area contributed by atoms with Gasteiger partial charge in [0.2, 0.25) is 0 Å². The first-order valence-corrected chi connectivity index (χ1v) is 17.1. The highest BCUT2D eigenvalue weighted by Gasteiger charge is 2.18. The van der Waals surface area contributed by atoms with E-state index < -0.39 is 32.3 Å². The number of hydrogen-bond donors (Lipinski definition) is 4. The van der Waals surface area contributed by atoms with Crippen LogP contribution >= 0.6 is 0 Å². The van der Waals surface area contributed by atoms with E-state index in [1.807, 2.05) is 13.8 Å². The zero-order valence-electron chi connectivity index (χ0n) is 25.6. The summed E-state index contributed by atoms with van der Waals surface area (Å²) >= 11 is 0. The second-order valence-corrected chi connectivity index (χ2v) is 13.6. The largest absolute Gasteiger partial charge is 0.379 e. The van der Waals surface area contributed by atoms with Gasteiger partial charge in [0.15, 0.2) is 0 Å². The predicted molar refractivity (Wildman–Crippen MR) is 183 cm³/mol. The lowest BCUT2D eigenvalue weighted by Crippen LogP contribution is -2.21. The Morgan fingerprint density at radius 3 is 1.15 bits per heavy atom. The number of benzene rings is 5. The SMILES string of the molecule is Cc1ccc(S(=O)(=O)Oc2ccc(NC(=O)Nc3cccc(NC(=O)Nc4ccc(OS(=O)(=O)c5ccc(C)cc5)cc4)c3)cc2)cc1. The number of amides is 4. The second-order valence-electron chi connectivity index (χ2n) is 10.5. The van der Waals surface area contributed by atoms with E-state index in [9.17, 15) is 26.4 Å². The van der Waals surface area contributed by atoms with Crippen LogP contribution in [0.3, 0.4) is 0 Å². The Morgan fingerprint density at radius 1 is 0.458 bits per heavy atom. The maximum Gasteiger partial charge on any atom is 0.339 e. The van der Waals surface area contributed by atoms with Gasteiger partial charge in [-0.05, 0) is 105 Å². The van der Waals surface area contributed by atoms with Gasteiger partial charge in [0.05, 0.1) is 0 Å². The minimum absolute atomic E-state index is 0.0253. The van der Waals surface area contributed by atoms with Gasteiger partial charge < -0.3 is 29.6 Å². The predicted octanol–water partition coefficient (Wildman–Crippen LogP) is 7.13. The van der Waals surface area contributed by atoms with Gasteiger partial charge in [-0.3, -0.25) is 0 Å². The Kier molecular flexibility index (Phi) is 9.96. The zero-order chi connectivity index (χ0) is 34.3. The minimum atomic E-state index is -4.01. The normalized spacial score (nSPS) is 11.2. The highest BCUT2D eigenvalue weighted by molar-refractivity contribution is 7.87. The summed E-state index contributed by atoms with van der Waals surface area (Å²) in [5, 5.41) is 10.6. The molecule has 0 bridgehead atoms. The molecule has 0 aliphatic carbocycles. The molecule has 12 nitrogen and oxygen atoms in total. The third-order valence-electron chi connectivity index (χ3n) is 6.63. The van der Waals surface area contributed by atoms with Crippen molar-refractivity contribution in [3.8, 4) is 11.5 Å². The molecule has 48 heavy (non-hydrogen) atoms. The highest BCUT2D eigenvalue weighted by Crippen LogP contribution is 2.23. The quantitative estimate of drug-likeness (QED) is 0.113. The van der Waals surface area contributed by atoms with Crippen LogP contribution in [0.1, 0.15) is 11.1 Å². The molecule has 246 valence electrons. The maximum atomic E-state index is 12.6. The first kappa shape index (κ1) is 33.5. The molecule has 0 saturated carbocycles. The van der Waals surface area contributed by atoms with E-state index in [-0.39, 0.29) is 21.3 Å². The standard InChI is InChI=1S/C34H30N4O8S2/c1-23-6-18-31(19-7-23)47(41,42)45-29-14-10-25(11-15-29)35-33(39)37-27-4-3-5-28(22-27)38-34(40)36-26-12-16-30(17-13-26)46-48(43,44)32-20-8-24(2)9-21-32/h3-22H,1-2H3,(H2,35,37,39)(H2,36,38,40). The van der Waals surface area contributed by atoms with Gasteiger partial charge in [-0.25, -0.2) is 9.59 Å². The van der Waals surface area contributed by atoms with Crippen molar-refractivity contribution in [1.82, 2.24) is 0 Å². The van der Waals surface area contributed by atoms with Crippen molar-refractivity contribution >= 4 is 55.0 Å². The summed E-state index contributed by atoms with van der Waals surface area (Å²) in [5.41, 5.74) is 3.35. The number of hydrogen-bond acceptors (Lipinski definition) is 8. The second kappa shape index (κ2) is 14.3. The number of carbonyl (C=O) groups excluding carboxylic acids is 2. The monoisotopic (exact) mass is 686 g/mol. The minimum Gasteiger partial charge on any atom is -0.379 e. The van der Waals surface area contributed by atoms with Gasteiger partial charge in [-0.2, -0.15) is 16.8 Å². The molecule has 0 aliphatic rings. The van der Waals surface area contributed by atoms with E-state index in [2.05, 4.69) is 21.3 Å². The molecular weight excluding hydrogens is 657 g/mol. The molecule has 5 rings (SSSR count). The number of rotatable bonds is 10. The smallest absolute Gasteiger partial charge is 0.339 e. The van der Waals surface area contributed by atoms with Crippen LogP contribution in [0.5, 0.6) is 11.5 Å². The summed E-state index contributed by atoms with van der Waals surface area (Å²) in [7, 11) is -8.03. The molecule has 0 radical (unpaired) electrons. The van der Waals surface area contributed by atoms with Crippen LogP contribution in [-0.4, -0.2) is 28.9 Å². The Bertz CT molecular complexity index is 1990. The first-order chi connectivity index (χ1) is 22.8. The lowest BCUT2D eigenvalue weighted by atomic mass is 10.2. The van der Waals surface area contributed by atoms with E-state index >= 15 is 0 Å². The van der Waals surface area contributed by atoms with Crippen LogP contribution in [0.25, 0.3) is 0 Å². The molecule has 0 saturated heterocycles. The van der Waals surface area contributed by atoms with Crippen molar-refractivity contribution < 1.29 is 34.8 Å². The molecule has 0 unspecified atom stereocenters. The van der Waals surface area contributed by atoms with Gasteiger partial charge in [-0.15, -0.1) is 0 Å². The third kappa shape index (κ3) is 9.11. The molecule has 0 aromatic heterocycles. The third-order valence-corrected chi connectivity index (χ3v) is 9.16. The van der Waals surface area contributed by atoms with Crippen molar-refractivity contribution in [3.63, 3.8) is 0 Å². The Hall–Kier alpha value is -5.86. The van der Waals surface area contributed by atoms with Crippen molar-refractivity contribution in [2.45, 2.75) is 23.6 Å². The number of nitrogens with one attached hydrogen (secondary N) is 4. The number of carbonyl (C=O) groups is 2. The van der Waals surface area contributed by atoms with Crippen molar-refractivity contribution in [2.24, 2.45) is 0 Å². The summed E-state index contributed by atoms with van der Waals surface area (Å²) in [5.74, 6) is 0.155. The molecule has 4 amide bonds. The van der Waals surface area contributed by atoms with E-state index in [1.165, 1.54) is 72.8 Å². The van der Waals surface area contributed by atoms with Crippen LogP contribution in [0, 0.1) is 13.8 Å². The average molecular weight is 687 g/mol. The zero-order valence-corrected chi connectivity index (χ0v) is 27.3. The van der Waals surface area contributed by atoms with Crippen LogP contribution in [0.4, 0.5) is 32.3 Å². The fourth-order valence-electron chi connectivity index (χ4n) is 4.21.